The summed E-state index contributed by atoms with van der Waals surface area (Å²) >= 11 is 0. The largest absolute Gasteiger partial charge is 0.492 e. The number of methoxy groups -OCH3 is 2. The van der Waals surface area contributed by atoms with Crippen LogP contribution >= 0.6 is 0 Å². The van der Waals surface area contributed by atoms with Gasteiger partial charge in [-0.25, -0.2) is 0 Å². The molecule has 19 heavy (non-hydrogen) atoms. The van der Waals surface area contributed by atoms with Crippen LogP contribution in [0.3, 0.4) is 0 Å². The van der Waals surface area contributed by atoms with Crippen molar-refractivity contribution in [3.8, 4) is 5.75 Å². The number of benzene rings is 1. The average Bonchev–Trinajstić information content (AvgIpc) is 2.42. The molecule has 5 nitrogen and oxygen atoms in total. The first-order valence-electron chi connectivity index (χ1n) is 6.48. The molecule has 5 heteroatoms. The van der Waals surface area contributed by atoms with Crippen molar-refractivity contribution in [1.29, 1.82) is 0 Å². The van der Waals surface area contributed by atoms with Gasteiger partial charge in [0, 0.05) is 39.1 Å². The van der Waals surface area contributed by atoms with E-state index in [1.54, 1.807) is 14.2 Å². The molecule has 1 aromatic carbocycles. The summed E-state index contributed by atoms with van der Waals surface area (Å²) in [6.45, 7) is 5.48. The fraction of sp³-hybridized carbons (Fsp3) is 0.571. The van der Waals surface area contributed by atoms with E-state index in [2.05, 4.69) is 4.90 Å². The minimum atomic E-state index is 0.601. The van der Waals surface area contributed by atoms with E-state index in [0.29, 0.717) is 25.5 Å². The van der Waals surface area contributed by atoms with Gasteiger partial charge in [0.15, 0.2) is 0 Å². The summed E-state index contributed by atoms with van der Waals surface area (Å²) in [7, 11) is 3.40. The van der Waals surface area contributed by atoms with Crippen LogP contribution < -0.4 is 15.4 Å². The Hall–Kier alpha value is -1.46. The Kier molecular flexibility index (Phi) is 7.07. The molecule has 0 aliphatic rings. The summed E-state index contributed by atoms with van der Waals surface area (Å²) < 4.78 is 15.8. The fourth-order valence-corrected chi connectivity index (χ4v) is 1.77. The van der Waals surface area contributed by atoms with Gasteiger partial charge < -0.3 is 24.8 Å². The van der Waals surface area contributed by atoms with Crippen molar-refractivity contribution in [1.82, 2.24) is 0 Å². The Balaban J connectivity index is 2.83. The van der Waals surface area contributed by atoms with Gasteiger partial charge in [-0.05, 0) is 19.1 Å². The lowest BCUT2D eigenvalue weighted by molar-refractivity contribution is 0.190. The highest BCUT2D eigenvalue weighted by Gasteiger charge is 2.09. The van der Waals surface area contributed by atoms with E-state index in [4.69, 9.17) is 19.9 Å². The Bertz CT molecular complexity index is 364. The van der Waals surface area contributed by atoms with Crippen LogP contribution in [-0.2, 0) is 9.47 Å². The summed E-state index contributed by atoms with van der Waals surface area (Å²) in [5, 5.41) is 0. The Morgan fingerprint density at radius 2 is 1.74 bits per heavy atom. The third-order valence-electron chi connectivity index (χ3n) is 2.79. The SMILES string of the molecule is CCOc1cc(N(CCOC)CCOC)ccc1N. The first kappa shape index (κ1) is 15.6. The van der Waals surface area contributed by atoms with Crippen LogP contribution in [0.1, 0.15) is 6.92 Å². The van der Waals surface area contributed by atoms with Gasteiger partial charge in [-0.2, -0.15) is 0 Å². The quantitative estimate of drug-likeness (QED) is 0.692. The Morgan fingerprint density at radius 3 is 2.26 bits per heavy atom. The molecule has 2 N–H and O–H groups in total. The molecule has 0 heterocycles. The molecule has 0 aromatic heterocycles. The predicted octanol–water partition coefficient (Wildman–Crippen LogP) is 1.77. The van der Waals surface area contributed by atoms with E-state index in [-0.39, 0.29) is 0 Å². The molecule has 1 rings (SSSR count). The molecule has 0 saturated heterocycles. The van der Waals surface area contributed by atoms with Crippen molar-refractivity contribution in [3.05, 3.63) is 18.2 Å². The number of ether oxygens (including phenoxy) is 3. The van der Waals surface area contributed by atoms with Crippen LogP contribution in [0, 0.1) is 0 Å². The lowest BCUT2D eigenvalue weighted by Gasteiger charge is -2.25. The molecule has 0 fully saturated rings. The maximum atomic E-state index is 5.88. The van der Waals surface area contributed by atoms with Crippen LogP contribution in [-0.4, -0.2) is 47.1 Å². The zero-order valence-electron chi connectivity index (χ0n) is 12.0. The highest BCUT2D eigenvalue weighted by Crippen LogP contribution is 2.27. The number of hydrogen-bond acceptors (Lipinski definition) is 5. The molecule has 0 spiro atoms. The van der Waals surface area contributed by atoms with E-state index >= 15 is 0 Å². The first-order valence-corrected chi connectivity index (χ1v) is 6.48. The van der Waals surface area contributed by atoms with Crippen molar-refractivity contribution >= 4 is 11.4 Å². The summed E-state index contributed by atoms with van der Waals surface area (Å²) in [6, 6.07) is 5.82. The van der Waals surface area contributed by atoms with Gasteiger partial charge >= 0.3 is 0 Å². The number of nitrogens with zero attached hydrogens (tertiary/aromatic N) is 1. The Labute approximate surface area is 115 Å². The number of nitrogen functional groups attached to an aromatic ring is 1. The molecule has 108 valence electrons. The van der Waals surface area contributed by atoms with Crippen LogP contribution in [0.25, 0.3) is 0 Å². The standard InChI is InChI=1S/C14H24N2O3/c1-4-19-14-11-12(5-6-13(14)15)16(7-9-17-2)8-10-18-3/h5-6,11H,4,7-10,15H2,1-3H3. The highest BCUT2D eigenvalue weighted by atomic mass is 16.5. The normalized spacial score (nSPS) is 10.5. The number of nitrogens with two attached hydrogens (primary N) is 1. The zero-order chi connectivity index (χ0) is 14.1. The molecule has 0 unspecified atom stereocenters. The van der Waals surface area contributed by atoms with Gasteiger partial charge in [-0.3, -0.25) is 0 Å². The highest BCUT2D eigenvalue weighted by molar-refractivity contribution is 5.62. The van der Waals surface area contributed by atoms with Crippen molar-refractivity contribution in [2.75, 3.05) is 57.8 Å². The van der Waals surface area contributed by atoms with Gasteiger partial charge in [-0.1, -0.05) is 0 Å². The molecule has 0 aliphatic heterocycles. The molecule has 1 aromatic rings. The molecule has 0 amide bonds. The monoisotopic (exact) mass is 268 g/mol. The van der Waals surface area contributed by atoms with Gasteiger partial charge in [0.1, 0.15) is 5.75 Å². The molecular formula is C14H24N2O3. The van der Waals surface area contributed by atoms with Crippen molar-refractivity contribution in [2.45, 2.75) is 6.92 Å². The number of hydrogen-bond donors (Lipinski definition) is 1. The summed E-state index contributed by atoms with van der Waals surface area (Å²) in [4.78, 5) is 2.19. The second-order valence-corrected chi connectivity index (χ2v) is 4.13. The maximum Gasteiger partial charge on any atom is 0.144 e. The van der Waals surface area contributed by atoms with Crippen molar-refractivity contribution in [3.63, 3.8) is 0 Å². The van der Waals surface area contributed by atoms with Crippen molar-refractivity contribution in [2.24, 2.45) is 0 Å². The molecule has 0 aliphatic carbocycles. The van der Waals surface area contributed by atoms with Crippen molar-refractivity contribution < 1.29 is 14.2 Å². The van der Waals surface area contributed by atoms with Gasteiger partial charge in [0.2, 0.25) is 0 Å². The number of anilines is 2. The van der Waals surface area contributed by atoms with Gasteiger partial charge in [0.25, 0.3) is 0 Å². The van der Waals surface area contributed by atoms with E-state index in [1.807, 2.05) is 25.1 Å². The summed E-state index contributed by atoms with van der Waals surface area (Å²) in [6.07, 6.45) is 0. The minimum Gasteiger partial charge on any atom is -0.492 e. The smallest absolute Gasteiger partial charge is 0.144 e. The molecule has 0 radical (unpaired) electrons. The lowest BCUT2D eigenvalue weighted by Crippen LogP contribution is -2.30. The maximum absolute atomic E-state index is 5.88. The predicted molar refractivity (Wildman–Crippen MR) is 78.0 cm³/mol. The zero-order valence-corrected chi connectivity index (χ0v) is 12.0. The molecular weight excluding hydrogens is 244 g/mol. The van der Waals surface area contributed by atoms with Gasteiger partial charge in [-0.15, -0.1) is 0 Å². The van der Waals surface area contributed by atoms with Crippen LogP contribution in [0.2, 0.25) is 0 Å². The molecule has 0 saturated carbocycles. The average molecular weight is 268 g/mol. The third kappa shape index (κ3) is 4.96. The van der Waals surface area contributed by atoms with E-state index in [0.717, 1.165) is 24.5 Å². The second-order valence-electron chi connectivity index (χ2n) is 4.13. The first-order chi connectivity index (χ1) is 9.22. The third-order valence-corrected chi connectivity index (χ3v) is 2.79. The Morgan fingerprint density at radius 1 is 1.11 bits per heavy atom. The number of rotatable bonds is 9. The summed E-state index contributed by atoms with van der Waals surface area (Å²) in [5.74, 6) is 0.722. The van der Waals surface area contributed by atoms with Crippen LogP contribution in [0.15, 0.2) is 18.2 Å². The van der Waals surface area contributed by atoms with Crippen LogP contribution in [0.4, 0.5) is 11.4 Å². The van der Waals surface area contributed by atoms with E-state index < -0.39 is 0 Å². The molecule has 0 atom stereocenters. The minimum absolute atomic E-state index is 0.601. The molecule has 0 bridgehead atoms. The fourth-order valence-electron chi connectivity index (χ4n) is 1.77. The second kappa shape index (κ2) is 8.61. The van der Waals surface area contributed by atoms with Gasteiger partial charge in [0.05, 0.1) is 25.5 Å². The van der Waals surface area contributed by atoms with E-state index in [9.17, 15) is 0 Å². The van der Waals surface area contributed by atoms with E-state index in [1.165, 1.54) is 0 Å². The van der Waals surface area contributed by atoms with Crippen LogP contribution in [0.5, 0.6) is 5.75 Å². The summed E-state index contributed by atoms with van der Waals surface area (Å²) in [5.41, 5.74) is 7.60. The lowest BCUT2D eigenvalue weighted by atomic mass is 10.2. The topological polar surface area (TPSA) is 57.0 Å².